The highest BCUT2D eigenvalue weighted by molar-refractivity contribution is 8.01. The molecule has 1 saturated carbocycles. The summed E-state index contributed by atoms with van der Waals surface area (Å²) in [5.41, 5.74) is 16.7. The maximum Gasteiger partial charge on any atom is 0.252 e. The predicted molar refractivity (Wildman–Crippen MR) is 262 cm³/mol. The first kappa shape index (κ1) is 38.3. The molecule has 1 fully saturated rings. The van der Waals surface area contributed by atoms with Crippen molar-refractivity contribution in [3.8, 4) is 27.9 Å². The third-order valence-corrected chi connectivity index (χ3v) is 13.8. The van der Waals surface area contributed by atoms with Crippen molar-refractivity contribution in [1.29, 1.82) is 0 Å². The smallest absolute Gasteiger partial charge is 0.252 e. The van der Waals surface area contributed by atoms with Gasteiger partial charge in [0, 0.05) is 53.1 Å². The van der Waals surface area contributed by atoms with Crippen molar-refractivity contribution < 1.29 is 0 Å². The third-order valence-electron chi connectivity index (χ3n) is 11.6. The number of hydrogen-bond acceptors (Lipinski definition) is 3. The number of anilines is 3. The van der Waals surface area contributed by atoms with E-state index in [1.54, 1.807) is 0 Å². The Bertz CT molecular complexity index is 2830. The van der Waals surface area contributed by atoms with Crippen LogP contribution in [0.5, 0.6) is 0 Å². The van der Waals surface area contributed by atoms with Crippen LogP contribution in [-0.2, 0) is 0 Å². The molecule has 9 aromatic rings. The van der Waals surface area contributed by atoms with Crippen molar-refractivity contribution in [2.75, 3.05) is 4.90 Å². The molecule has 1 aliphatic carbocycles. The van der Waals surface area contributed by atoms with Gasteiger partial charge in [0.15, 0.2) is 0 Å². The van der Waals surface area contributed by atoms with Crippen molar-refractivity contribution in [2.45, 2.75) is 66.5 Å². The highest BCUT2D eigenvalue weighted by atomic mass is 32.2. The number of aromatic nitrogens is 1. The van der Waals surface area contributed by atoms with Crippen LogP contribution in [0.25, 0.3) is 49.7 Å². The molecule has 0 N–H and O–H groups in total. The van der Waals surface area contributed by atoms with E-state index >= 15 is 0 Å². The first-order valence-electron chi connectivity index (χ1n) is 21.6. The highest BCUT2D eigenvalue weighted by Crippen LogP contribution is 2.48. The number of fused-ring (bicyclic) bond motifs is 3. The average Bonchev–Trinajstić information content (AvgIpc) is 4.18. The molecular weight excluding hydrogens is 764 g/mol. The molecule has 8 aromatic carbocycles. The summed E-state index contributed by atoms with van der Waals surface area (Å²) in [6.45, 7) is 8.20. The molecule has 4 heterocycles. The van der Waals surface area contributed by atoms with Gasteiger partial charge in [-0.15, -0.1) is 0 Å². The van der Waals surface area contributed by atoms with Gasteiger partial charge < -0.3 is 9.47 Å². The zero-order valence-electron chi connectivity index (χ0n) is 34.7. The van der Waals surface area contributed by atoms with Gasteiger partial charge in [-0.05, 0) is 111 Å². The molecule has 0 unspecified atom stereocenters. The molecule has 0 atom stereocenters. The fourth-order valence-electron chi connectivity index (χ4n) is 8.96. The minimum absolute atomic E-state index is 0.203. The third kappa shape index (κ3) is 6.47. The van der Waals surface area contributed by atoms with E-state index in [2.05, 4.69) is 185 Å². The highest BCUT2D eigenvalue weighted by Gasteiger charge is 2.45. The zero-order valence-corrected chi connectivity index (χ0v) is 36.3. The van der Waals surface area contributed by atoms with Crippen molar-refractivity contribution in [1.82, 2.24) is 4.57 Å². The molecule has 60 heavy (non-hydrogen) atoms. The Hall–Kier alpha value is -5.88. The maximum atomic E-state index is 2.50. The second kappa shape index (κ2) is 16.3. The lowest BCUT2D eigenvalue weighted by atomic mass is 9.34. The minimum atomic E-state index is 0.203. The van der Waals surface area contributed by atoms with Crippen LogP contribution in [0.4, 0.5) is 17.1 Å². The minimum Gasteiger partial charge on any atom is -0.311 e. The molecule has 1 aromatic heterocycles. The summed E-state index contributed by atoms with van der Waals surface area (Å²) in [7, 11) is 0. The van der Waals surface area contributed by atoms with E-state index in [-0.39, 0.29) is 6.71 Å². The van der Waals surface area contributed by atoms with Gasteiger partial charge in [-0.2, -0.15) is 0 Å². The summed E-state index contributed by atoms with van der Waals surface area (Å²) in [6.07, 6.45) is 4.50. The summed E-state index contributed by atoms with van der Waals surface area (Å²) in [5, 5.41) is 2.54. The molecule has 5 heteroatoms. The van der Waals surface area contributed by atoms with Gasteiger partial charge in [0.25, 0.3) is 6.71 Å². The van der Waals surface area contributed by atoms with E-state index in [1.807, 2.05) is 51.2 Å². The molecule has 0 radical (unpaired) electrons. The lowest BCUT2D eigenvalue weighted by Gasteiger charge is -2.43. The van der Waals surface area contributed by atoms with E-state index in [4.69, 9.17) is 0 Å². The van der Waals surface area contributed by atoms with E-state index in [9.17, 15) is 0 Å². The molecule has 4 aliphatic rings. The number of nitrogens with zero attached hydrogens (tertiary/aromatic N) is 2. The zero-order chi connectivity index (χ0) is 40.7. The predicted octanol–water partition coefficient (Wildman–Crippen LogP) is 14.6. The van der Waals surface area contributed by atoms with Gasteiger partial charge in [-0.1, -0.05) is 174 Å². The van der Waals surface area contributed by atoms with Crippen molar-refractivity contribution in [3.05, 3.63) is 176 Å². The largest absolute Gasteiger partial charge is 0.311 e. The maximum absolute atomic E-state index is 2.50. The molecule has 2 nitrogen and oxygen atoms in total. The average molecular weight is 811 g/mol. The molecule has 3 aliphatic heterocycles. The Morgan fingerprint density at radius 3 is 1.28 bits per heavy atom. The van der Waals surface area contributed by atoms with Gasteiger partial charge in [0.2, 0.25) is 0 Å². The van der Waals surface area contributed by atoms with Crippen LogP contribution in [0.15, 0.2) is 196 Å². The molecule has 292 valence electrons. The normalized spacial score (nSPS) is 13.3. The van der Waals surface area contributed by atoms with Crippen molar-refractivity contribution in [2.24, 2.45) is 0 Å². The standard InChI is InChI=1S/C48H29BN2S2.C3H6.2C2H6/c1-4-12-30(13-5-1)32-22-24-38-36(26-32)37-27-33(31-14-6-2-7-15-31)23-25-39(37)51(38)35-28-44-48-45(29-35)53-43-21-11-19-41-47(43)49(48)46-40(18-10-20-42(46)52-44)50(41)34-16-8-3-9-17-34;1-2-3-1;2*1-2/h1-29H;1-3H2;2*1-2H3. The first-order valence-corrected chi connectivity index (χ1v) is 23.3. The van der Waals surface area contributed by atoms with Crippen LogP contribution < -0.4 is 21.3 Å². The number of para-hydroxylation sites is 1. The second-order valence-electron chi connectivity index (χ2n) is 15.1. The van der Waals surface area contributed by atoms with E-state index in [1.165, 1.54) is 122 Å². The fraction of sp³-hybridized carbons (Fsp3) is 0.127. The molecule has 0 spiro atoms. The molecule has 13 rings (SSSR count). The van der Waals surface area contributed by atoms with E-state index < -0.39 is 0 Å². The Balaban J connectivity index is 0.000000579. The Kier molecular flexibility index (Phi) is 10.4. The summed E-state index contributed by atoms with van der Waals surface area (Å²) < 4.78 is 2.50. The quantitative estimate of drug-likeness (QED) is 0.164. The van der Waals surface area contributed by atoms with Gasteiger partial charge in [0.05, 0.1) is 11.0 Å². The van der Waals surface area contributed by atoms with Crippen LogP contribution in [0.1, 0.15) is 47.0 Å². The van der Waals surface area contributed by atoms with Gasteiger partial charge >= 0.3 is 0 Å². The summed E-state index contributed by atoms with van der Waals surface area (Å²) >= 11 is 3.87. The van der Waals surface area contributed by atoms with Gasteiger partial charge in [-0.3, -0.25) is 0 Å². The Morgan fingerprint density at radius 2 is 0.833 bits per heavy atom. The SMILES string of the molecule is C1CC1.CC.CC.c1ccc(-c2ccc3c(c2)c2cc(-c4ccccc4)ccc2n3-c2cc3c4c(c2)Sc2cccc5c2B4c2c(cccc2N5c2ccccc2)S3)cc1. The lowest BCUT2D eigenvalue weighted by Crippen LogP contribution is -2.62. The number of rotatable bonds is 4. The number of hydrogen-bond donors (Lipinski definition) is 0. The van der Waals surface area contributed by atoms with Crippen LogP contribution in [0.2, 0.25) is 0 Å². The van der Waals surface area contributed by atoms with Gasteiger partial charge in [0.1, 0.15) is 0 Å². The molecule has 0 amide bonds. The van der Waals surface area contributed by atoms with E-state index in [0.29, 0.717) is 0 Å². The lowest BCUT2D eigenvalue weighted by molar-refractivity contribution is 1.14. The fourth-order valence-corrected chi connectivity index (χ4v) is 11.5. The van der Waals surface area contributed by atoms with Crippen LogP contribution in [0.3, 0.4) is 0 Å². The first-order chi connectivity index (χ1) is 29.8. The Labute approximate surface area is 363 Å². The van der Waals surface area contributed by atoms with Gasteiger partial charge in [-0.25, -0.2) is 0 Å². The van der Waals surface area contributed by atoms with Crippen molar-refractivity contribution >= 4 is 85.5 Å². The second-order valence-corrected chi connectivity index (χ2v) is 17.3. The molecular formula is C55H47BN2S2. The van der Waals surface area contributed by atoms with E-state index in [0.717, 1.165) is 0 Å². The molecule has 0 bridgehead atoms. The monoisotopic (exact) mass is 810 g/mol. The van der Waals surface area contributed by atoms with Crippen LogP contribution in [-0.4, -0.2) is 11.3 Å². The number of benzene rings is 8. The molecule has 0 saturated heterocycles. The Morgan fingerprint density at radius 1 is 0.383 bits per heavy atom. The van der Waals surface area contributed by atoms with Crippen LogP contribution >= 0.6 is 23.5 Å². The topological polar surface area (TPSA) is 8.17 Å². The summed E-state index contributed by atoms with van der Waals surface area (Å²) in [6, 6.07) is 65.0. The summed E-state index contributed by atoms with van der Waals surface area (Å²) in [4.78, 5) is 7.87. The van der Waals surface area contributed by atoms with Crippen LogP contribution in [0, 0.1) is 0 Å². The van der Waals surface area contributed by atoms with Crippen molar-refractivity contribution in [3.63, 3.8) is 0 Å². The summed E-state index contributed by atoms with van der Waals surface area (Å²) in [5.74, 6) is 0.